The summed E-state index contributed by atoms with van der Waals surface area (Å²) in [5, 5.41) is 20.4. The van der Waals surface area contributed by atoms with Crippen molar-refractivity contribution in [2.45, 2.75) is 18.3 Å². The molecule has 2 aromatic carbocycles. The Morgan fingerprint density at radius 2 is 1.89 bits per heavy atom. The maximum absolute atomic E-state index is 14.2. The lowest BCUT2D eigenvalue weighted by atomic mass is 9.74. The summed E-state index contributed by atoms with van der Waals surface area (Å²) in [6.45, 7) is 0.742. The number of hydrogen-bond acceptors (Lipinski definition) is 3. The van der Waals surface area contributed by atoms with Crippen LogP contribution in [0.5, 0.6) is 0 Å². The van der Waals surface area contributed by atoms with Crippen LogP contribution in [0.1, 0.15) is 18.4 Å². The van der Waals surface area contributed by atoms with E-state index in [2.05, 4.69) is 21.6 Å². The number of amides is 2. The fourth-order valence-corrected chi connectivity index (χ4v) is 3.62. The molecule has 7 heteroatoms. The second kappa shape index (κ2) is 6.72. The number of aromatic nitrogens is 2. The summed E-state index contributed by atoms with van der Waals surface area (Å²) in [7, 11) is 0. The number of benzene rings is 2. The molecule has 1 aromatic heterocycles. The SMILES string of the molecule is N#CC1(c2ccccc2F)CCN(C(=O)Nc2n[nH]c3ccccc23)CC1. The molecule has 0 atom stereocenters. The summed E-state index contributed by atoms with van der Waals surface area (Å²) in [6, 6.07) is 15.9. The molecule has 4 rings (SSSR count). The van der Waals surface area contributed by atoms with E-state index in [1.54, 1.807) is 23.1 Å². The van der Waals surface area contributed by atoms with Crippen LogP contribution in [0, 0.1) is 17.1 Å². The van der Waals surface area contributed by atoms with Gasteiger partial charge in [0.15, 0.2) is 5.82 Å². The van der Waals surface area contributed by atoms with Gasteiger partial charge in [0.2, 0.25) is 0 Å². The van der Waals surface area contributed by atoms with Gasteiger partial charge in [0.1, 0.15) is 5.82 Å². The number of aromatic amines is 1. The number of H-pyrrole nitrogens is 1. The number of rotatable bonds is 2. The van der Waals surface area contributed by atoms with Crippen LogP contribution >= 0.6 is 0 Å². The molecule has 136 valence electrons. The molecule has 2 amide bonds. The summed E-state index contributed by atoms with van der Waals surface area (Å²) >= 11 is 0. The summed E-state index contributed by atoms with van der Waals surface area (Å²) in [6.07, 6.45) is 0.776. The van der Waals surface area contributed by atoms with E-state index in [-0.39, 0.29) is 11.8 Å². The van der Waals surface area contributed by atoms with Crippen LogP contribution in [-0.2, 0) is 5.41 Å². The number of fused-ring (bicyclic) bond motifs is 1. The molecule has 0 bridgehead atoms. The van der Waals surface area contributed by atoms with E-state index in [9.17, 15) is 14.4 Å². The van der Waals surface area contributed by atoms with Crippen molar-refractivity contribution in [2.75, 3.05) is 18.4 Å². The minimum atomic E-state index is -0.902. The molecule has 6 nitrogen and oxygen atoms in total. The topological polar surface area (TPSA) is 84.8 Å². The molecule has 1 aliphatic heterocycles. The van der Waals surface area contributed by atoms with Crippen molar-refractivity contribution in [3.63, 3.8) is 0 Å². The first kappa shape index (κ1) is 17.0. The fourth-order valence-electron chi connectivity index (χ4n) is 3.62. The Balaban J connectivity index is 1.48. The average Bonchev–Trinajstić information content (AvgIpc) is 3.11. The van der Waals surface area contributed by atoms with Crippen LogP contribution in [0.15, 0.2) is 48.5 Å². The summed E-state index contributed by atoms with van der Waals surface area (Å²) in [5.74, 6) is 0.0989. The van der Waals surface area contributed by atoms with E-state index in [0.717, 1.165) is 10.9 Å². The van der Waals surface area contributed by atoms with Crippen LogP contribution in [-0.4, -0.2) is 34.2 Å². The molecule has 0 aliphatic carbocycles. The van der Waals surface area contributed by atoms with Crippen LogP contribution in [0.2, 0.25) is 0 Å². The highest BCUT2D eigenvalue weighted by atomic mass is 19.1. The quantitative estimate of drug-likeness (QED) is 0.726. The Kier molecular flexibility index (Phi) is 4.24. The zero-order chi connectivity index (χ0) is 18.9. The highest BCUT2D eigenvalue weighted by Crippen LogP contribution is 2.36. The molecule has 2 N–H and O–H groups in total. The molecule has 0 radical (unpaired) electrons. The number of nitrogens with one attached hydrogen (secondary N) is 2. The molecule has 1 aliphatic rings. The Morgan fingerprint density at radius 1 is 1.19 bits per heavy atom. The van der Waals surface area contributed by atoms with E-state index in [4.69, 9.17) is 0 Å². The number of piperidine rings is 1. The number of nitrogens with zero attached hydrogens (tertiary/aromatic N) is 3. The molecule has 3 aromatic rings. The van der Waals surface area contributed by atoms with E-state index in [1.807, 2.05) is 24.3 Å². The third kappa shape index (κ3) is 2.99. The van der Waals surface area contributed by atoms with Crippen molar-refractivity contribution in [1.82, 2.24) is 15.1 Å². The van der Waals surface area contributed by atoms with Gasteiger partial charge in [-0.3, -0.25) is 10.4 Å². The van der Waals surface area contributed by atoms with Crippen molar-refractivity contribution in [3.05, 3.63) is 59.9 Å². The lowest BCUT2D eigenvalue weighted by Crippen LogP contribution is -2.46. The van der Waals surface area contributed by atoms with Crippen LogP contribution < -0.4 is 5.32 Å². The average molecular weight is 363 g/mol. The number of carbonyl (C=O) groups excluding carboxylic acids is 1. The van der Waals surface area contributed by atoms with Crippen molar-refractivity contribution in [1.29, 1.82) is 5.26 Å². The molecule has 0 saturated carbocycles. The van der Waals surface area contributed by atoms with Gasteiger partial charge in [0, 0.05) is 24.0 Å². The lowest BCUT2D eigenvalue weighted by molar-refractivity contribution is 0.182. The Morgan fingerprint density at radius 3 is 2.63 bits per heavy atom. The predicted molar refractivity (Wildman–Crippen MR) is 99.6 cm³/mol. The second-order valence-electron chi connectivity index (χ2n) is 6.71. The standard InChI is InChI=1S/C20H18FN5O/c21-16-7-3-2-6-15(16)20(13-22)9-11-26(12-10-20)19(27)23-18-14-5-1-4-8-17(14)24-25-18/h1-8H,9-12H2,(H2,23,24,25,27). The van der Waals surface area contributed by atoms with Gasteiger partial charge < -0.3 is 4.90 Å². The van der Waals surface area contributed by atoms with E-state index >= 15 is 0 Å². The zero-order valence-corrected chi connectivity index (χ0v) is 14.6. The predicted octanol–water partition coefficient (Wildman–Crippen LogP) is 3.79. The highest BCUT2D eigenvalue weighted by Gasteiger charge is 2.39. The monoisotopic (exact) mass is 363 g/mol. The van der Waals surface area contributed by atoms with Crippen molar-refractivity contribution in [3.8, 4) is 6.07 Å². The number of likely N-dealkylation sites (tertiary alicyclic amines) is 1. The van der Waals surface area contributed by atoms with Crippen LogP contribution in [0.3, 0.4) is 0 Å². The number of carbonyl (C=O) groups is 1. The zero-order valence-electron chi connectivity index (χ0n) is 14.6. The molecule has 1 saturated heterocycles. The third-order valence-corrected chi connectivity index (χ3v) is 5.20. The molecule has 1 fully saturated rings. The van der Waals surface area contributed by atoms with Gasteiger partial charge in [-0.15, -0.1) is 0 Å². The van der Waals surface area contributed by atoms with Crippen LogP contribution in [0.4, 0.5) is 15.0 Å². The maximum atomic E-state index is 14.2. The van der Waals surface area contributed by atoms with E-state index in [0.29, 0.717) is 37.3 Å². The first-order valence-corrected chi connectivity index (χ1v) is 8.78. The summed E-state index contributed by atoms with van der Waals surface area (Å²) in [4.78, 5) is 14.3. The second-order valence-corrected chi connectivity index (χ2v) is 6.71. The van der Waals surface area contributed by atoms with Gasteiger partial charge in [-0.25, -0.2) is 9.18 Å². The Labute approximate surface area is 155 Å². The van der Waals surface area contributed by atoms with Crippen LogP contribution in [0.25, 0.3) is 10.9 Å². The first-order valence-electron chi connectivity index (χ1n) is 8.78. The van der Waals surface area contributed by atoms with Crippen molar-refractivity contribution < 1.29 is 9.18 Å². The first-order chi connectivity index (χ1) is 13.1. The number of anilines is 1. The minimum absolute atomic E-state index is 0.271. The third-order valence-electron chi connectivity index (χ3n) is 5.20. The number of nitriles is 1. The highest BCUT2D eigenvalue weighted by molar-refractivity contribution is 5.98. The molecule has 0 spiro atoms. The van der Waals surface area contributed by atoms with Gasteiger partial charge in [-0.05, 0) is 31.0 Å². The Bertz CT molecular complexity index is 1030. The van der Waals surface area contributed by atoms with Gasteiger partial charge in [-0.2, -0.15) is 10.4 Å². The number of urea groups is 1. The maximum Gasteiger partial charge on any atom is 0.323 e. The molecular weight excluding hydrogens is 345 g/mol. The number of hydrogen-bond donors (Lipinski definition) is 2. The van der Waals surface area contributed by atoms with Crippen molar-refractivity contribution in [2.24, 2.45) is 0 Å². The number of halogens is 1. The molecule has 27 heavy (non-hydrogen) atoms. The summed E-state index contributed by atoms with van der Waals surface area (Å²) in [5.41, 5.74) is 0.349. The van der Waals surface area contributed by atoms with E-state index in [1.165, 1.54) is 6.07 Å². The lowest BCUT2D eigenvalue weighted by Gasteiger charge is -2.37. The van der Waals surface area contributed by atoms with Gasteiger partial charge in [0.25, 0.3) is 0 Å². The Hall–Kier alpha value is -3.40. The van der Waals surface area contributed by atoms with Crippen molar-refractivity contribution >= 4 is 22.8 Å². The summed E-state index contributed by atoms with van der Waals surface area (Å²) < 4.78 is 14.2. The van der Waals surface area contributed by atoms with Gasteiger partial charge in [-0.1, -0.05) is 30.3 Å². The molecular formula is C20H18FN5O. The number of para-hydroxylation sites is 1. The molecule has 0 unspecified atom stereocenters. The molecule has 2 heterocycles. The smallest absolute Gasteiger partial charge is 0.323 e. The normalized spacial score (nSPS) is 16.1. The largest absolute Gasteiger partial charge is 0.324 e. The van der Waals surface area contributed by atoms with E-state index < -0.39 is 5.41 Å². The minimum Gasteiger partial charge on any atom is -0.324 e. The fraction of sp³-hybridized carbons (Fsp3) is 0.250. The van der Waals surface area contributed by atoms with Gasteiger partial charge in [0.05, 0.1) is 17.0 Å². The van der Waals surface area contributed by atoms with Gasteiger partial charge >= 0.3 is 6.03 Å².